The highest BCUT2D eigenvalue weighted by atomic mass is 32.1. The van der Waals surface area contributed by atoms with Crippen LogP contribution in [0, 0.1) is 5.82 Å². The van der Waals surface area contributed by atoms with Crippen molar-refractivity contribution in [2.75, 3.05) is 13.4 Å². The maximum absolute atomic E-state index is 13.8. The van der Waals surface area contributed by atoms with Crippen molar-refractivity contribution < 1.29 is 46.8 Å². The molecule has 3 rings (SSSR count). The van der Waals surface area contributed by atoms with Crippen LogP contribution in [0.25, 0.3) is 10.1 Å². The fraction of sp³-hybridized carbons (Fsp3) is 0.292. The Bertz CT molecular complexity index is 1240. The summed E-state index contributed by atoms with van der Waals surface area (Å²) in [6.07, 6.45) is -2.56. The Morgan fingerprint density at radius 3 is 2.51 bits per heavy atom. The summed E-state index contributed by atoms with van der Waals surface area (Å²) in [4.78, 5) is 36.3. The first kappa shape index (κ1) is 28.3. The molecule has 0 saturated carbocycles. The van der Waals surface area contributed by atoms with Gasteiger partial charge in [0.2, 0.25) is 6.79 Å². The van der Waals surface area contributed by atoms with Crippen LogP contribution in [0.1, 0.15) is 29.1 Å². The van der Waals surface area contributed by atoms with Gasteiger partial charge in [-0.25, -0.2) is 8.96 Å². The van der Waals surface area contributed by atoms with E-state index >= 15 is 0 Å². The molecule has 1 aromatic heterocycles. The van der Waals surface area contributed by atoms with Gasteiger partial charge in [-0.05, 0) is 41.6 Å². The van der Waals surface area contributed by atoms with Gasteiger partial charge >= 0.3 is 26.8 Å². The standard InChI is InChI=1S/C24H23FNO9PS/c1-15(27)31-14-33-24(35-36-30,34-16(2)28)32-13-20(11-17-6-5-8-19(25)10-17)26-23(29)22-12-18-7-3-4-9-21(18)37-22/h3-10,12,20H,11,13-14H2,1-2H3,(H,26,29). The number of amides is 1. The number of nitrogens with one attached hydrogen (secondary N) is 1. The van der Waals surface area contributed by atoms with Crippen LogP contribution >= 0.6 is 20.0 Å². The molecule has 0 spiro atoms. The average Bonchev–Trinajstić information content (AvgIpc) is 3.27. The second-order valence-corrected chi connectivity index (χ2v) is 9.04. The maximum atomic E-state index is 13.8. The van der Waals surface area contributed by atoms with Gasteiger partial charge in [-0.3, -0.25) is 23.9 Å². The Morgan fingerprint density at radius 2 is 1.84 bits per heavy atom. The topological polar surface area (TPSA) is 126 Å². The zero-order valence-corrected chi connectivity index (χ0v) is 21.5. The SMILES string of the molecule is CC(=O)OCOC(OCC(Cc1cccc(F)c1)NC(=O)c1cc2ccccc2s1)(OP=O)OC(C)=O. The predicted octanol–water partition coefficient (Wildman–Crippen LogP) is 4.33. The van der Waals surface area contributed by atoms with Gasteiger partial charge in [0.25, 0.3) is 5.91 Å². The fourth-order valence-corrected chi connectivity index (χ4v) is 4.43. The molecular weight excluding hydrogens is 528 g/mol. The van der Waals surface area contributed by atoms with Gasteiger partial charge < -0.3 is 14.8 Å². The second-order valence-electron chi connectivity index (χ2n) is 7.62. The minimum absolute atomic E-state index is 0.101. The van der Waals surface area contributed by atoms with Gasteiger partial charge in [0.15, 0.2) is 0 Å². The highest BCUT2D eigenvalue weighted by molar-refractivity contribution is 7.20. The van der Waals surface area contributed by atoms with Crippen LogP contribution in [0.15, 0.2) is 54.6 Å². The third-order valence-corrected chi connectivity index (χ3v) is 6.15. The highest BCUT2D eigenvalue weighted by Crippen LogP contribution is 2.26. The maximum Gasteiger partial charge on any atom is 0.476 e. The molecule has 2 unspecified atom stereocenters. The van der Waals surface area contributed by atoms with Crippen molar-refractivity contribution in [1.29, 1.82) is 0 Å². The van der Waals surface area contributed by atoms with Crippen molar-refractivity contribution in [3.8, 4) is 0 Å². The van der Waals surface area contributed by atoms with E-state index in [4.69, 9.17) is 18.7 Å². The molecule has 0 fully saturated rings. The molecule has 1 amide bonds. The van der Waals surface area contributed by atoms with Crippen molar-refractivity contribution in [3.63, 3.8) is 0 Å². The first-order chi connectivity index (χ1) is 17.7. The number of rotatable bonds is 13. The van der Waals surface area contributed by atoms with Crippen LogP contribution in [0.2, 0.25) is 0 Å². The minimum atomic E-state index is -2.66. The number of esters is 2. The number of fused-ring (bicyclic) bond motifs is 1. The fourth-order valence-electron chi connectivity index (χ4n) is 3.23. The number of carbonyl (C=O) groups is 3. The molecule has 0 saturated heterocycles. The number of carbonyl (C=O) groups excluding carboxylic acids is 3. The number of hydrogen-bond acceptors (Lipinski definition) is 10. The normalized spacial score (nSPS) is 13.6. The highest BCUT2D eigenvalue weighted by Gasteiger charge is 2.41. The van der Waals surface area contributed by atoms with Crippen LogP contribution in [-0.2, 0) is 44.0 Å². The summed E-state index contributed by atoms with van der Waals surface area (Å²) < 4.78 is 51.0. The number of thiophene rings is 1. The lowest BCUT2D eigenvalue weighted by Gasteiger charge is -2.29. The van der Waals surface area contributed by atoms with Gasteiger partial charge in [0, 0.05) is 18.5 Å². The molecule has 0 radical (unpaired) electrons. The number of ether oxygens (including phenoxy) is 4. The van der Waals surface area contributed by atoms with E-state index in [1.54, 1.807) is 12.1 Å². The zero-order valence-electron chi connectivity index (χ0n) is 19.8. The number of benzene rings is 2. The van der Waals surface area contributed by atoms with Crippen LogP contribution in [0.5, 0.6) is 0 Å². The third-order valence-electron chi connectivity index (χ3n) is 4.73. The monoisotopic (exact) mass is 551 g/mol. The van der Waals surface area contributed by atoms with Crippen LogP contribution in [0.4, 0.5) is 4.39 Å². The molecule has 0 aliphatic heterocycles. The smallest absolute Gasteiger partial charge is 0.438 e. The largest absolute Gasteiger partial charge is 0.476 e. The predicted molar refractivity (Wildman–Crippen MR) is 130 cm³/mol. The van der Waals surface area contributed by atoms with E-state index < -0.39 is 58.0 Å². The second kappa shape index (κ2) is 13.3. The van der Waals surface area contributed by atoms with Gasteiger partial charge in [-0.2, -0.15) is 4.52 Å². The van der Waals surface area contributed by atoms with E-state index in [2.05, 4.69) is 10.1 Å². The molecule has 0 bridgehead atoms. The summed E-state index contributed by atoms with van der Waals surface area (Å²) >= 11 is 1.29. The summed E-state index contributed by atoms with van der Waals surface area (Å²) in [5, 5.41) is 3.71. The lowest BCUT2D eigenvalue weighted by atomic mass is 10.1. The summed E-state index contributed by atoms with van der Waals surface area (Å²) in [6.45, 7) is 0.964. The van der Waals surface area contributed by atoms with E-state index in [1.165, 1.54) is 29.5 Å². The van der Waals surface area contributed by atoms with Gasteiger partial charge in [-0.1, -0.05) is 30.3 Å². The van der Waals surface area contributed by atoms with Crippen molar-refractivity contribution in [2.45, 2.75) is 32.5 Å². The first-order valence-electron chi connectivity index (χ1n) is 10.9. The van der Waals surface area contributed by atoms with Gasteiger partial charge in [0.1, 0.15) is 5.82 Å². The summed E-state index contributed by atoms with van der Waals surface area (Å²) in [6, 6.07) is 14.1. The summed E-state index contributed by atoms with van der Waals surface area (Å²) in [5.74, 6) is -2.54. The van der Waals surface area contributed by atoms with E-state index in [9.17, 15) is 23.3 Å². The molecular formula is C24H23FNO9PS. The minimum Gasteiger partial charge on any atom is -0.438 e. The molecule has 1 N–H and O–H groups in total. The number of hydrogen-bond donors (Lipinski definition) is 1. The molecule has 10 nitrogen and oxygen atoms in total. The third kappa shape index (κ3) is 8.66. The molecule has 37 heavy (non-hydrogen) atoms. The molecule has 196 valence electrons. The Kier molecular flexibility index (Phi) is 10.2. The average molecular weight is 551 g/mol. The lowest BCUT2D eigenvalue weighted by Crippen LogP contribution is -2.47. The van der Waals surface area contributed by atoms with E-state index in [-0.39, 0.29) is 6.42 Å². The van der Waals surface area contributed by atoms with E-state index in [0.717, 1.165) is 23.9 Å². The molecule has 1 heterocycles. The molecule has 13 heteroatoms. The van der Waals surface area contributed by atoms with E-state index in [0.29, 0.717) is 10.4 Å². The molecule has 0 aliphatic rings. The van der Waals surface area contributed by atoms with Gasteiger partial charge in [-0.15, -0.1) is 11.3 Å². The summed E-state index contributed by atoms with van der Waals surface area (Å²) in [7, 11) is -0.984. The van der Waals surface area contributed by atoms with Crippen LogP contribution < -0.4 is 5.32 Å². The van der Waals surface area contributed by atoms with Crippen LogP contribution in [-0.4, -0.2) is 43.4 Å². The van der Waals surface area contributed by atoms with Crippen LogP contribution in [0.3, 0.4) is 0 Å². The van der Waals surface area contributed by atoms with Crippen molar-refractivity contribution >= 4 is 48.0 Å². The van der Waals surface area contributed by atoms with E-state index in [1.807, 2.05) is 24.3 Å². The Labute approximate surface area is 216 Å². The van der Waals surface area contributed by atoms with Crippen molar-refractivity contribution in [3.05, 3.63) is 70.9 Å². The Morgan fingerprint density at radius 1 is 1.05 bits per heavy atom. The zero-order chi connectivity index (χ0) is 26.8. The van der Waals surface area contributed by atoms with Gasteiger partial charge in [0.05, 0.1) is 17.5 Å². The summed E-state index contributed by atoms with van der Waals surface area (Å²) in [5.41, 5.74) is 0.534. The number of halogens is 1. The molecule has 3 aromatic rings. The lowest BCUT2D eigenvalue weighted by molar-refractivity contribution is -0.462. The molecule has 2 aromatic carbocycles. The van der Waals surface area contributed by atoms with Crippen molar-refractivity contribution in [2.24, 2.45) is 0 Å². The molecule has 0 aliphatic carbocycles. The first-order valence-corrected chi connectivity index (χ1v) is 12.4. The Hall–Kier alpha value is -3.28. The quantitative estimate of drug-likeness (QED) is 0.188. The molecule has 2 atom stereocenters. The Balaban J connectivity index is 1.82. The van der Waals surface area contributed by atoms with Crippen molar-refractivity contribution in [1.82, 2.24) is 5.32 Å².